The normalized spacial score (nSPS) is 16.8. The first-order valence-corrected chi connectivity index (χ1v) is 10.3. The highest BCUT2D eigenvalue weighted by atomic mass is 19.1. The van der Waals surface area contributed by atoms with Gasteiger partial charge in [-0.15, -0.1) is 0 Å². The molecule has 0 radical (unpaired) electrons. The summed E-state index contributed by atoms with van der Waals surface area (Å²) in [6, 6.07) is 3.49. The van der Waals surface area contributed by atoms with Gasteiger partial charge in [-0.3, -0.25) is 19.8 Å². The highest BCUT2D eigenvalue weighted by Gasteiger charge is 2.37. The quantitative estimate of drug-likeness (QED) is 0.325. The van der Waals surface area contributed by atoms with Crippen molar-refractivity contribution >= 4 is 23.3 Å². The maximum absolute atomic E-state index is 13.7. The zero-order valence-electron chi connectivity index (χ0n) is 19.5. The van der Waals surface area contributed by atoms with Crippen LogP contribution in [0.3, 0.4) is 0 Å². The van der Waals surface area contributed by atoms with Crippen molar-refractivity contribution in [2.24, 2.45) is 11.1 Å². The van der Waals surface area contributed by atoms with E-state index >= 15 is 0 Å². The molecule has 1 heterocycles. The predicted octanol–water partition coefficient (Wildman–Crippen LogP) is 1.81. The Balaban J connectivity index is 2.44. The fourth-order valence-electron chi connectivity index (χ4n) is 2.79. The Kier molecular flexibility index (Phi) is 8.52. The number of hydrazine groups is 1. The molecule has 1 unspecified atom stereocenters. The third kappa shape index (κ3) is 6.28. The lowest BCUT2D eigenvalue weighted by molar-refractivity contribution is -0.169. The van der Waals surface area contributed by atoms with Crippen LogP contribution in [0.15, 0.2) is 35.1 Å². The summed E-state index contributed by atoms with van der Waals surface area (Å²) in [7, 11) is 1.34. The highest BCUT2D eigenvalue weighted by Crippen LogP contribution is 2.23. The highest BCUT2D eigenvalue weighted by molar-refractivity contribution is 6.21. The van der Waals surface area contributed by atoms with Crippen LogP contribution in [-0.2, 0) is 14.4 Å². The van der Waals surface area contributed by atoms with E-state index in [4.69, 9.17) is 9.57 Å². The van der Waals surface area contributed by atoms with Gasteiger partial charge in [0.2, 0.25) is 12.3 Å². The maximum Gasteiger partial charge on any atom is 0.279 e. The van der Waals surface area contributed by atoms with E-state index in [0.717, 1.165) is 17.0 Å². The Morgan fingerprint density at radius 2 is 1.94 bits per heavy atom. The van der Waals surface area contributed by atoms with Gasteiger partial charge in [0.1, 0.15) is 17.7 Å². The smallest absolute Gasteiger partial charge is 0.279 e. The second-order valence-electron chi connectivity index (χ2n) is 7.97. The van der Waals surface area contributed by atoms with Crippen LogP contribution in [0.2, 0.25) is 0 Å². The summed E-state index contributed by atoms with van der Waals surface area (Å²) in [6.45, 7) is 7.81. The van der Waals surface area contributed by atoms with E-state index in [1.54, 1.807) is 27.7 Å². The zero-order valence-corrected chi connectivity index (χ0v) is 19.5. The maximum atomic E-state index is 13.7. The van der Waals surface area contributed by atoms with Crippen LogP contribution in [0, 0.1) is 11.7 Å². The summed E-state index contributed by atoms with van der Waals surface area (Å²) < 4.78 is 18.9. The number of nitrogens with one attached hydrogen (secondary N) is 1. The van der Waals surface area contributed by atoms with Gasteiger partial charge < -0.3 is 19.6 Å². The standard InChI is InChI=1S/C22H29FN4O6/c1-12(2)20(29)24-27-21(30)17(14(5)25-33-13(3)4)10-26(22(27)31)11-18(28)16-9-15(23)7-8-19(16)32-6/h7-10,12-13,22,31H,11H2,1-6H3,(H,24,29)/b25-14+. The average Bonchev–Trinajstić information content (AvgIpc) is 2.76. The summed E-state index contributed by atoms with van der Waals surface area (Å²) in [5.41, 5.74) is 2.49. The molecule has 0 aromatic heterocycles. The fraction of sp³-hybridized carbons (Fsp3) is 0.455. The van der Waals surface area contributed by atoms with Gasteiger partial charge >= 0.3 is 0 Å². The fourth-order valence-corrected chi connectivity index (χ4v) is 2.79. The number of amides is 2. The monoisotopic (exact) mass is 464 g/mol. The van der Waals surface area contributed by atoms with Gasteiger partial charge in [0, 0.05) is 12.1 Å². The summed E-state index contributed by atoms with van der Waals surface area (Å²) in [5.74, 6) is -2.80. The van der Waals surface area contributed by atoms with Gasteiger partial charge in [-0.25, -0.2) is 9.40 Å². The average molecular weight is 464 g/mol. The number of carbonyl (C=O) groups is 3. The SMILES string of the molecule is COc1ccc(F)cc1C(=O)CN1C=C(/C(C)=N/OC(C)C)C(=O)N(NC(=O)C(C)C)C1O. The summed E-state index contributed by atoms with van der Waals surface area (Å²) in [6.07, 6.45) is -0.706. The molecule has 2 rings (SSSR count). The van der Waals surface area contributed by atoms with Crippen molar-refractivity contribution in [2.45, 2.75) is 47.1 Å². The largest absolute Gasteiger partial charge is 0.496 e. The number of Topliss-reactive ketones (excluding diaryl/α,β-unsaturated/α-hetero) is 1. The van der Waals surface area contributed by atoms with Crippen molar-refractivity contribution in [3.05, 3.63) is 41.4 Å². The summed E-state index contributed by atoms with van der Waals surface area (Å²) in [4.78, 5) is 44.5. The van der Waals surface area contributed by atoms with Gasteiger partial charge in [0.05, 0.1) is 30.5 Å². The molecule has 0 aliphatic carbocycles. The lowest BCUT2D eigenvalue weighted by Crippen LogP contribution is -2.61. The molecule has 10 nitrogen and oxygen atoms in total. The molecule has 0 saturated carbocycles. The summed E-state index contributed by atoms with van der Waals surface area (Å²) >= 11 is 0. The number of rotatable bonds is 9. The molecule has 180 valence electrons. The molecule has 11 heteroatoms. The lowest BCUT2D eigenvalue weighted by Gasteiger charge is -2.39. The van der Waals surface area contributed by atoms with Crippen molar-refractivity contribution in [3.63, 3.8) is 0 Å². The zero-order chi connectivity index (χ0) is 24.9. The number of methoxy groups -OCH3 is 1. The second kappa shape index (κ2) is 10.9. The molecule has 0 spiro atoms. The van der Waals surface area contributed by atoms with Crippen molar-refractivity contribution < 1.29 is 33.5 Å². The number of nitrogens with zero attached hydrogens (tertiary/aromatic N) is 3. The van der Waals surface area contributed by atoms with Crippen molar-refractivity contribution in [1.82, 2.24) is 15.3 Å². The summed E-state index contributed by atoms with van der Waals surface area (Å²) in [5, 5.41) is 15.4. The molecule has 0 saturated heterocycles. The third-order valence-electron chi connectivity index (χ3n) is 4.61. The minimum atomic E-state index is -1.70. The number of benzene rings is 1. The van der Waals surface area contributed by atoms with E-state index in [-0.39, 0.29) is 28.7 Å². The topological polar surface area (TPSA) is 121 Å². The van der Waals surface area contributed by atoms with E-state index in [0.29, 0.717) is 5.01 Å². The van der Waals surface area contributed by atoms with Crippen LogP contribution in [-0.4, -0.2) is 64.4 Å². The number of carbonyl (C=O) groups excluding carboxylic acids is 3. The number of hydrogen-bond donors (Lipinski definition) is 2. The van der Waals surface area contributed by atoms with Crippen LogP contribution in [0.4, 0.5) is 4.39 Å². The molecule has 0 fully saturated rings. The second-order valence-corrected chi connectivity index (χ2v) is 7.97. The molecule has 1 aliphatic heterocycles. The Hall–Kier alpha value is -3.47. The number of oxime groups is 1. The number of aliphatic hydroxyl groups excluding tert-OH is 1. The van der Waals surface area contributed by atoms with E-state index < -0.39 is 42.2 Å². The van der Waals surface area contributed by atoms with Gasteiger partial charge in [-0.05, 0) is 39.0 Å². The van der Waals surface area contributed by atoms with Crippen molar-refractivity contribution in [1.29, 1.82) is 0 Å². The van der Waals surface area contributed by atoms with Crippen LogP contribution >= 0.6 is 0 Å². The van der Waals surface area contributed by atoms with E-state index in [1.807, 2.05) is 0 Å². The number of ketones is 1. The van der Waals surface area contributed by atoms with Gasteiger partial charge in [0.25, 0.3) is 5.91 Å². The van der Waals surface area contributed by atoms with E-state index in [2.05, 4.69) is 10.6 Å². The van der Waals surface area contributed by atoms with Crippen LogP contribution in [0.5, 0.6) is 5.75 Å². The molecular weight excluding hydrogens is 435 g/mol. The first kappa shape index (κ1) is 25.8. The molecule has 1 aliphatic rings. The first-order chi connectivity index (χ1) is 15.5. The Bertz CT molecular complexity index is 976. The number of hydrogen-bond acceptors (Lipinski definition) is 8. The minimum Gasteiger partial charge on any atom is -0.496 e. The minimum absolute atomic E-state index is 0.0102. The van der Waals surface area contributed by atoms with Crippen LogP contribution < -0.4 is 10.2 Å². The molecule has 33 heavy (non-hydrogen) atoms. The Labute approximate surface area is 191 Å². The van der Waals surface area contributed by atoms with Gasteiger partial charge in [0.15, 0.2) is 5.78 Å². The lowest BCUT2D eigenvalue weighted by atomic mass is 10.1. The van der Waals surface area contributed by atoms with Crippen LogP contribution in [0.25, 0.3) is 0 Å². The molecule has 1 aromatic rings. The molecule has 0 bridgehead atoms. The van der Waals surface area contributed by atoms with Crippen LogP contribution in [0.1, 0.15) is 45.0 Å². The van der Waals surface area contributed by atoms with Crippen molar-refractivity contribution in [2.75, 3.05) is 13.7 Å². The molecule has 1 atom stereocenters. The molecule has 2 N–H and O–H groups in total. The predicted molar refractivity (Wildman–Crippen MR) is 117 cm³/mol. The number of halogens is 1. The molecule has 2 amide bonds. The molecular formula is C22H29FN4O6. The van der Waals surface area contributed by atoms with Gasteiger partial charge in [-0.2, -0.15) is 0 Å². The van der Waals surface area contributed by atoms with Gasteiger partial charge in [-0.1, -0.05) is 19.0 Å². The Morgan fingerprint density at radius 3 is 2.52 bits per heavy atom. The third-order valence-corrected chi connectivity index (χ3v) is 4.61. The Morgan fingerprint density at radius 1 is 1.27 bits per heavy atom. The molecule has 1 aromatic carbocycles. The van der Waals surface area contributed by atoms with Crippen molar-refractivity contribution in [3.8, 4) is 5.75 Å². The first-order valence-electron chi connectivity index (χ1n) is 10.3. The number of aliphatic hydroxyl groups is 1. The number of ether oxygens (including phenoxy) is 1. The van der Waals surface area contributed by atoms with E-state index in [1.165, 1.54) is 26.3 Å². The van der Waals surface area contributed by atoms with E-state index in [9.17, 15) is 23.9 Å².